The molecule has 1 amide bonds. The fourth-order valence-corrected chi connectivity index (χ4v) is 4.50. The van der Waals surface area contributed by atoms with Crippen LogP contribution in [0.25, 0.3) is 11.0 Å². The van der Waals surface area contributed by atoms with Gasteiger partial charge in [-0.05, 0) is 50.1 Å². The molecular formula is C21H23Cl2N5O2. The first kappa shape index (κ1) is 20.9. The first-order valence-corrected chi connectivity index (χ1v) is 10.8. The lowest BCUT2D eigenvalue weighted by Crippen LogP contribution is -2.38. The van der Waals surface area contributed by atoms with E-state index in [4.69, 9.17) is 23.2 Å². The number of halogens is 2. The van der Waals surface area contributed by atoms with Crippen LogP contribution in [0, 0.1) is 0 Å². The van der Waals surface area contributed by atoms with Gasteiger partial charge >= 0.3 is 5.69 Å². The Morgan fingerprint density at radius 3 is 2.60 bits per heavy atom. The van der Waals surface area contributed by atoms with Crippen LogP contribution >= 0.6 is 23.2 Å². The van der Waals surface area contributed by atoms with Crippen LogP contribution in [0.15, 0.2) is 41.2 Å². The minimum atomic E-state index is -0.210. The average Bonchev–Trinajstić information content (AvgIpc) is 3.06. The van der Waals surface area contributed by atoms with Gasteiger partial charge in [0.1, 0.15) is 10.3 Å². The molecule has 1 saturated heterocycles. The zero-order valence-electron chi connectivity index (χ0n) is 16.4. The van der Waals surface area contributed by atoms with Crippen molar-refractivity contribution in [3.8, 4) is 0 Å². The predicted molar refractivity (Wildman–Crippen MR) is 118 cm³/mol. The number of benzene rings is 1. The molecule has 1 fully saturated rings. The summed E-state index contributed by atoms with van der Waals surface area (Å²) in [7, 11) is 0. The van der Waals surface area contributed by atoms with Crippen LogP contribution in [0.5, 0.6) is 0 Å². The van der Waals surface area contributed by atoms with E-state index in [9.17, 15) is 9.59 Å². The van der Waals surface area contributed by atoms with E-state index in [0.717, 1.165) is 49.9 Å². The Bertz CT molecular complexity index is 1080. The maximum absolute atomic E-state index is 12.4. The fourth-order valence-electron chi connectivity index (χ4n) is 4.04. The van der Waals surface area contributed by atoms with E-state index in [1.165, 1.54) is 12.1 Å². The molecule has 7 nitrogen and oxygen atoms in total. The van der Waals surface area contributed by atoms with Crippen molar-refractivity contribution < 1.29 is 4.79 Å². The van der Waals surface area contributed by atoms with Crippen molar-refractivity contribution in [3.63, 3.8) is 0 Å². The molecule has 30 heavy (non-hydrogen) atoms. The molecule has 9 heteroatoms. The van der Waals surface area contributed by atoms with E-state index >= 15 is 0 Å². The number of carbonyl (C=O) groups is 1. The number of carbonyl (C=O) groups excluding carboxylic acids is 1. The third-order valence-corrected chi connectivity index (χ3v) is 5.90. The molecule has 2 N–H and O–H groups in total. The van der Waals surface area contributed by atoms with Gasteiger partial charge in [-0.3, -0.25) is 9.36 Å². The van der Waals surface area contributed by atoms with E-state index in [1.54, 1.807) is 0 Å². The minimum absolute atomic E-state index is 0.0336. The van der Waals surface area contributed by atoms with Crippen molar-refractivity contribution in [2.24, 2.45) is 0 Å². The summed E-state index contributed by atoms with van der Waals surface area (Å²) in [5, 5.41) is 3.29. The maximum atomic E-state index is 12.4. The van der Waals surface area contributed by atoms with Gasteiger partial charge in [-0.25, -0.2) is 9.78 Å². The molecule has 1 aliphatic rings. The number of para-hydroxylation sites is 2. The number of pyridine rings is 1. The van der Waals surface area contributed by atoms with E-state index in [1.807, 2.05) is 28.8 Å². The number of hydrogen-bond acceptors (Lipinski definition) is 4. The molecule has 3 aromatic rings. The van der Waals surface area contributed by atoms with Gasteiger partial charge in [-0.15, -0.1) is 0 Å². The number of imidazole rings is 1. The van der Waals surface area contributed by atoms with E-state index in [2.05, 4.69) is 20.2 Å². The summed E-state index contributed by atoms with van der Waals surface area (Å²) >= 11 is 11.7. The summed E-state index contributed by atoms with van der Waals surface area (Å²) in [5.41, 5.74) is 2.23. The largest absolute Gasteiger partial charge is 0.352 e. The number of aromatic amines is 1. The molecule has 0 bridgehead atoms. The van der Waals surface area contributed by atoms with E-state index < -0.39 is 0 Å². The van der Waals surface area contributed by atoms with E-state index in [0.29, 0.717) is 12.1 Å². The molecule has 2 aromatic heterocycles. The second kappa shape index (κ2) is 9.20. The van der Waals surface area contributed by atoms with Crippen LogP contribution in [0.4, 0.5) is 0 Å². The monoisotopic (exact) mass is 447 g/mol. The third kappa shape index (κ3) is 4.69. The summed E-state index contributed by atoms with van der Waals surface area (Å²) in [6, 6.07) is 11.0. The standard InChI is InChI=1S/C21H23Cl2N5O2/c22-18-12-14(13-19(23)26-18)20(29)24-8-3-9-27-10-6-15(7-11-27)28-17-5-2-1-4-16(17)25-21(28)30/h1-2,4-5,12-13,15H,3,6-11H2,(H,24,29)(H,25,30). The van der Waals surface area contributed by atoms with E-state index in [-0.39, 0.29) is 27.9 Å². The molecule has 4 rings (SSSR count). The van der Waals surface area contributed by atoms with Gasteiger partial charge in [-0.2, -0.15) is 0 Å². The first-order chi connectivity index (χ1) is 14.5. The molecule has 0 spiro atoms. The highest BCUT2D eigenvalue weighted by Crippen LogP contribution is 2.24. The quantitative estimate of drug-likeness (QED) is 0.447. The Morgan fingerprint density at radius 1 is 1.17 bits per heavy atom. The minimum Gasteiger partial charge on any atom is -0.352 e. The van der Waals surface area contributed by atoms with Gasteiger partial charge in [0.15, 0.2) is 0 Å². The molecule has 158 valence electrons. The van der Waals surface area contributed by atoms with Crippen LogP contribution in [0.1, 0.15) is 35.7 Å². The Balaban J connectivity index is 1.24. The SMILES string of the molecule is O=C(NCCCN1CCC(n2c(=O)[nH]c3ccccc32)CC1)c1cc(Cl)nc(Cl)c1. The summed E-state index contributed by atoms with van der Waals surface area (Å²) in [4.78, 5) is 33.8. The van der Waals surface area contributed by atoms with Gasteiger partial charge in [0.2, 0.25) is 0 Å². The lowest BCUT2D eigenvalue weighted by atomic mass is 10.0. The molecule has 0 aliphatic carbocycles. The molecule has 0 atom stereocenters. The van der Waals surface area contributed by atoms with Gasteiger partial charge in [0.25, 0.3) is 5.91 Å². The van der Waals surface area contributed by atoms with Crippen LogP contribution < -0.4 is 11.0 Å². The molecule has 3 heterocycles. The van der Waals surface area contributed by atoms with Crippen LogP contribution in [0.3, 0.4) is 0 Å². The normalized spacial score (nSPS) is 15.5. The Kier molecular flexibility index (Phi) is 6.41. The van der Waals surface area contributed by atoms with Gasteiger partial charge in [0.05, 0.1) is 11.0 Å². The zero-order valence-corrected chi connectivity index (χ0v) is 17.9. The Morgan fingerprint density at radius 2 is 1.87 bits per heavy atom. The highest BCUT2D eigenvalue weighted by atomic mass is 35.5. The number of fused-ring (bicyclic) bond motifs is 1. The number of nitrogens with one attached hydrogen (secondary N) is 2. The number of nitrogens with zero attached hydrogens (tertiary/aromatic N) is 3. The van der Waals surface area contributed by atoms with Crippen LogP contribution in [0.2, 0.25) is 10.3 Å². The maximum Gasteiger partial charge on any atom is 0.326 e. The average molecular weight is 448 g/mol. The third-order valence-electron chi connectivity index (χ3n) is 5.51. The summed E-state index contributed by atoms with van der Waals surface area (Å²) in [5.74, 6) is -0.210. The van der Waals surface area contributed by atoms with Crippen molar-refractivity contribution in [3.05, 3.63) is 62.8 Å². The highest BCUT2D eigenvalue weighted by molar-refractivity contribution is 6.33. The highest BCUT2D eigenvalue weighted by Gasteiger charge is 2.23. The Hall–Kier alpha value is -2.35. The second-order valence-electron chi connectivity index (χ2n) is 7.50. The second-order valence-corrected chi connectivity index (χ2v) is 8.28. The molecule has 0 radical (unpaired) electrons. The topological polar surface area (TPSA) is 83.0 Å². The number of H-pyrrole nitrogens is 1. The Labute approximate surface area is 184 Å². The van der Waals surface area contributed by atoms with Gasteiger partial charge < -0.3 is 15.2 Å². The van der Waals surface area contributed by atoms with Crippen molar-refractivity contribution in [1.29, 1.82) is 0 Å². The number of rotatable bonds is 6. The molecule has 1 aliphatic heterocycles. The van der Waals surface area contributed by atoms with Crippen molar-refractivity contribution >= 4 is 40.1 Å². The number of amides is 1. The predicted octanol–water partition coefficient (Wildman–Crippen LogP) is 3.49. The van der Waals surface area contributed by atoms with Crippen LogP contribution in [-0.4, -0.2) is 51.5 Å². The lowest BCUT2D eigenvalue weighted by Gasteiger charge is -2.32. The molecular weight excluding hydrogens is 425 g/mol. The van der Waals surface area contributed by atoms with Crippen molar-refractivity contribution in [1.82, 2.24) is 24.8 Å². The zero-order chi connectivity index (χ0) is 21.1. The summed E-state index contributed by atoms with van der Waals surface area (Å²) < 4.78 is 1.90. The number of piperidine rings is 1. The smallest absolute Gasteiger partial charge is 0.326 e. The lowest BCUT2D eigenvalue weighted by molar-refractivity contribution is 0.0950. The molecule has 1 aromatic carbocycles. The van der Waals surface area contributed by atoms with Crippen LogP contribution in [-0.2, 0) is 0 Å². The molecule has 0 saturated carbocycles. The fraction of sp³-hybridized carbons (Fsp3) is 0.381. The number of aromatic nitrogens is 3. The van der Waals surface area contributed by atoms with Gasteiger partial charge in [-0.1, -0.05) is 35.3 Å². The summed E-state index contributed by atoms with van der Waals surface area (Å²) in [6.07, 6.45) is 2.71. The van der Waals surface area contributed by atoms with Crippen molar-refractivity contribution in [2.45, 2.75) is 25.3 Å². The number of hydrogen-bond donors (Lipinski definition) is 2. The number of likely N-dealkylation sites (tertiary alicyclic amines) is 1. The van der Waals surface area contributed by atoms with Gasteiger partial charge in [0, 0.05) is 31.2 Å². The van der Waals surface area contributed by atoms with Crippen molar-refractivity contribution in [2.75, 3.05) is 26.2 Å². The summed E-state index contributed by atoms with van der Waals surface area (Å²) in [6.45, 7) is 3.33. The molecule has 0 unspecified atom stereocenters. The first-order valence-electron chi connectivity index (χ1n) is 10.0.